The lowest BCUT2D eigenvalue weighted by Gasteiger charge is -2.52. The summed E-state index contributed by atoms with van der Waals surface area (Å²) in [7, 11) is -5.72. The van der Waals surface area contributed by atoms with E-state index in [0.717, 1.165) is 5.56 Å². The molecule has 1 aromatic rings. The molecule has 0 amide bonds. The van der Waals surface area contributed by atoms with Crippen LogP contribution in [-0.4, -0.2) is 108 Å². The summed E-state index contributed by atoms with van der Waals surface area (Å²) in [6.07, 6.45) is 3.92. The van der Waals surface area contributed by atoms with Crippen LogP contribution in [0.3, 0.4) is 0 Å². The zero-order valence-electron chi connectivity index (χ0n) is 36.8. The molecule has 0 unspecified atom stereocenters. The number of carbonyl (C=O) groups excluding carboxylic acids is 1. The van der Waals surface area contributed by atoms with E-state index in [1.165, 1.54) is 0 Å². The van der Waals surface area contributed by atoms with Crippen LogP contribution >= 0.6 is 0 Å². The first-order chi connectivity index (χ1) is 27.4. The van der Waals surface area contributed by atoms with E-state index in [4.69, 9.17) is 41.4 Å². The van der Waals surface area contributed by atoms with Gasteiger partial charge in [0.25, 0.3) is 0 Å². The third kappa shape index (κ3) is 11.1. The maximum Gasteiger partial charge on any atom is 0.335 e. The summed E-state index contributed by atoms with van der Waals surface area (Å²) < 4.78 is 60.5. The topological polar surface area (TPSA) is 120 Å². The van der Waals surface area contributed by atoms with Crippen molar-refractivity contribution in [3.05, 3.63) is 72.9 Å². The second-order valence-electron chi connectivity index (χ2n) is 18.5. The highest BCUT2D eigenvalue weighted by Crippen LogP contribution is 2.46. The third-order valence-corrected chi connectivity index (χ3v) is 22.0. The summed E-state index contributed by atoms with van der Waals surface area (Å²) in [5.41, 5.74) is 0.867. The fourth-order valence-electron chi connectivity index (χ4n) is 8.71. The largest absolute Gasteiger partial charge is 0.458 e. The summed E-state index contributed by atoms with van der Waals surface area (Å²) in [6, 6.07) is 9.82. The minimum absolute atomic E-state index is 0.0156. The third-order valence-electron chi connectivity index (χ3n) is 11.7. The standard InChI is InChI=1S/C45H72O11Si2/c1-13-34-35(23-19-24-36-40(51-34)28-50-57(29(2)3,30(4)5)56-58(55-36,31(6)7)32(8)9)52-39(44(47)54-45(10,11)12)26-38-41(46)43(49-27-33-20-15-14-16-21-33)42-37(53-38)22-17-18-25-48-42/h13-21,24,29-32,34-43,46H,1,22-23,25-28H2,2-12H3/b24-19-/t34-,35+,36-,37-,38+,39-,40+,41+,42-,43-/m0/s1. The van der Waals surface area contributed by atoms with Crippen LogP contribution in [0.5, 0.6) is 0 Å². The van der Waals surface area contributed by atoms with Gasteiger partial charge in [0.05, 0.1) is 44.2 Å². The van der Waals surface area contributed by atoms with E-state index in [-0.39, 0.29) is 41.8 Å². The lowest BCUT2D eigenvalue weighted by Crippen LogP contribution is -2.65. The van der Waals surface area contributed by atoms with Gasteiger partial charge in [-0.15, -0.1) is 6.58 Å². The first kappa shape index (κ1) is 47.0. The van der Waals surface area contributed by atoms with Gasteiger partial charge < -0.3 is 46.5 Å². The Bertz CT molecular complexity index is 1510. The molecule has 2 fully saturated rings. The molecule has 4 heterocycles. The van der Waals surface area contributed by atoms with Crippen LogP contribution in [0.4, 0.5) is 0 Å². The molecule has 5 rings (SSSR count). The van der Waals surface area contributed by atoms with Crippen molar-refractivity contribution in [1.29, 1.82) is 0 Å². The van der Waals surface area contributed by atoms with Crippen molar-refractivity contribution in [2.75, 3.05) is 13.2 Å². The van der Waals surface area contributed by atoms with E-state index in [1.54, 1.807) is 6.08 Å². The van der Waals surface area contributed by atoms with Gasteiger partial charge in [-0.05, 0) is 61.3 Å². The van der Waals surface area contributed by atoms with Gasteiger partial charge in [-0.1, -0.05) is 116 Å². The number of aliphatic hydroxyl groups is 1. The zero-order valence-corrected chi connectivity index (χ0v) is 38.8. The van der Waals surface area contributed by atoms with E-state index in [2.05, 4.69) is 62.0 Å². The van der Waals surface area contributed by atoms with Crippen molar-refractivity contribution < 1.29 is 51.3 Å². The molecule has 0 aromatic heterocycles. The number of hydrogen-bond acceptors (Lipinski definition) is 11. The van der Waals surface area contributed by atoms with Gasteiger partial charge in [0, 0.05) is 6.42 Å². The quantitative estimate of drug-likeness (QED) is 0.117. The second kappa shape index (κ2) is 20.2. The molecule has 58 heavy (non-hydrogen) atoms. The average molecular weight is 845 g/mol. The molecule has 2 saturated heterocycles. The monoisotopic (exact) mass is 844 g/mol. The smallest absolute Gasteiger partial charge is 0.335 e. The highest BCUT2D eigenvalue weighted by molar-refractivity contribution is 6.84. The van der Waals surface area contributed by atoms with Crippen LogP contribution in [0.1, 0.15) is 101 Å². The van der Waals surface area contributed by atoms with Crippen molar-refractivity contribution in [2.45, 2.75) is 191 Å². The number of carbonyl (C=O) groups is 1. The molecule has 11 nitrogen and oxygen atoms in total. The normalized spacial score (nSPS) is 32.6. The van der Waals surface area contributed by atoms with E-state index >= 15 is 0 Å². The molecule has 4 aliphatic heterocycles. The number of rotatable bonds is 13. The first-order valence-corrected chi connectivity index (χ1v) is 25.5. The molecule has 13 heteroatoms. The molecular formula is C45H72O11Si2. The first-order valence-electron chi connectivity index (χ1n) is 21.5. The Kier molecular flexibility index (Phi) is 16.4. The lowest BCUT2D eigenvalue weighted by molar-refractivity contribution is -0.253. The van der Waals surface area contributed by atoms with E-state index in [0.29, 0.717) is 19.4 Å². The molecule has 1 N–H and O–H groups in total. The lowest BCUT2D eigenvalue weighted by atomic mass is 9.90. The summed E-state index contributed by atoms with van der Waals surface area (Å²) in [6.45, 7) is 28.2. The number of aliphatic hydroxyl groups excluding tert-OH is 1. The van der Waals surface area contributed by atoms with Crippen LogP contribution < -0.4 is 0 Å². The number of benzene rings is 1. The summed E-state index contributed by atoms with van der Waals surface area (Å²) in [5, 5.41) is 12.0. The highest BCUT2D eigenvalue weighted by atomic mass is 28.5. The molecule has 0 saturated carbocycles. The summed E-state index contributed by atoms with van der Waals surface area (Å²) >= 11 is 0. The molecule has 1 aromatic carbocycles. The van der Waals surface area contributed by atoms with Gasteiger partial charge in [-0.3, -0.25) is 0 Å². The number of fused-ring (bicyclic) bond motifs is 2. The van der Waals surface area contributed by atoms with Gasteiger partial charge in [0.2, 0.25) is 0 Å². The van der Waals surface area contributed by atoms with Crippen LogP contribution in [0, 0.1) is 0 Å². The second-order valence-corrected chi connectivity index (χ2v) is 27.3. The van der Waals surface area contributed by atoms with Gasteiger partial charge >= 0.3 is 23.1 Å². The molecule has 0 aliphatic carbocycles. The van der Waals surface area contributed by atoms with E-state index in [1.807, 2.05) is 75.4 Å². The summed E-state index contributed by atoms with van der Waals surface area (Å²) in [5.74, 6) is -0.556. The molecule has 0 radical (unpaired) electrons. The Labute approximate surface area is 350 Å². The maximum atomic E-state index is 14.1. The minimum Gasteiger partial charge on any atom is -0.458 e. The molecule has 326 valence electrons. The fourth-order valence-corrected chi connectivity index (χ4v) is 19.9. The Hall–Kier alpha value is -2.02. The highest BCUT2D eigenvalue weighted by Gasteiger charge is 2.59. The van der Waals surface area contributed by atoms with Crippen LogP contribution in [0.25, 0.3) is 0 Å². The van der Waals surface area contributed by atoms with Crippen molar-refractivity contribution in [2.24, 2.45) is 0 Å². The number of ether oxygens (including phenoxy) is 6. The average Bonchev–Trinajstić information content (AvgIpc) is 3.38. The fraction of sp³-hybridized carbons (Fsp3) is 0.711. The van der Waals surface area contributed by atoms with Gasteiger partial charge in [-0.25, -0.2) is 4.79 Å². The number of hydrogen-bond donors (Lipinski definition) is 1. The molecule has 10 atom stereocenters. The predicted octanol–water partition coefficient (Wildman–Crippen LogP) is 8.39. The molecule has 0 spiro atoms. The Morgan fingerprint density at radius 2 is 1.59 bits per heavy atom. The van der Waals surface area contributed by atoms with Crippen LogP contribution in [0.15, 0.2) is 67.3 Å². The molecular weight excluding hydrogens is 773 g/mol. The van der Waals surface area contributed by atoms with Gasteiger partial charge in [0.15, 0.2) is 6.10 Å². The van der Waals surface area contributed by atoms with E-state index in [9.17, 15) is 9.90 Å². The van der Waals surface area contributed by atoms with Crippen molar-refractivity contribution >= 4 is 23.1 Å². The van der Waals surface area contributed by atoms with Gasteiger partial charge in [-0.2, -0.15) is 0 Å². The zero-order chi connectivity index (χ0) is 42.4. The van der Waals surface area contributed by atoms with Crippen molar-refractivity contribution in [3.8, 4) is 0 Å². The van der Waals surface area contributed by atoms with E-state index < -0.39 is 89.7 Å². The number of esters is 1. The molecule has 0 bridgehead atoms. The Balaban J connectivity index is 1.44. The van der Waals surface area contributed by atoms with Crippen molar-refractivity contribution in [1.82, 2.24) is 0 Å². The predicted molar refractivity (Wildman–Crippen MR) is 229 cm³/mol. The SMILES string of the molecule is C=C[C@@H]1O[C@@H]2CO[Si](C(C)C)(C(C)C)O[Si](C(C)C)(C(C)C)O[C@H]2/C=C\C[C@H]1O[C@@H](C[C@H]1O[C@H]2CC=CCO[C@@H]2[C@@H](OCc2ccccc2)[C@@H]1O)C(=O)OC(C)(C)C. The Morgan fingerprint density at radius 3 is 2.21 bits per heavy atom. The molecule has 4 aliphatic rings. The Morgan fingerprint density at radius 1 is 0.914 bits per heavy atom. The van der Waals surface area contributed by atoms with Crippen LogP contribution in [0.2, 0.25) is 22.2 Å². The van der Waals surface area contributed by atoms with Crippen molar-refractivity contribution in [3.63, 3.8) is 0 Å². The maximum absolute atomic E-state index is 14.1. The summed E-state index contributed by atoms with van der Waals surface area (Å²) in [4.78, 5) is 14.1. The van der Waals surface area contributed by atoms with Crippen LogP contribution in [-0.2, 0) is 52.8 Å². The van der Waals surface area contributed by atoms with Gasteiger partial charge in [0.1, 0.15) is 36.1 Å². The minimum atomic E-state index is -2.89.